The molecule has 0 atom stereocenters. The number of aromatic nitrogens is 5. The molecule has 1 aliphatic heterocycles. The van der Waals surface area contributed by atoms with Crippen molar-refractivity contribution in [2.45, 2.75) is 6.92 Å². The van der Waals surface area contributed by atoms with Crippen molar-refractivity contribution in [3.8, 4) is 11.9 Å². The minimum Gasteiger partial charge on any atom is -0.353 e. The molecule has 0 radical (unpaired) electrons. The van der Waals surface area contributed by atoms with Crippen molar-refractivity contribution in [2.75, 3.05) is 36.0 Å². The van der Waals surface area contributed by atoms with Crippen molar-refractivity contribution < 1.29 is 0 Å². The third-order valence-electron chi connectivity index (χ3n) is 4.35. The smallest absolute Gasteiger partial charge is 0.183 e. The number of piperazine rings is 1. The number of hydrogen-bond acceptors (Lipinski definition) is 7. The summed E-state index contributed by atoms with van der Waals surface area (Å²) in [6, 6.07) is 8.07. The molecule has 0 amide bonds. The Bertz CT molecular complexity index is 950. The number of hydrogen-bond donors (Lipinski definition) is 0. The average Bonchev–Trinajstić information content (AvgIpc) is 3.14. The molecular formula is C18H18N8. The summed E-state index contributed by atoms with van der Waals surface area (Å²) in [4.78, 5) is 17.5. The van der Waals surface area contributed by atoms with E-state index in [9.17, 15) is 5.26 Å². The molecule has 26 heavy (non-hydrogen) atoms. The van der Waals surface area contributed by atoms with Crippen LogP contribution < -0.4 is 9.80 Å². The second kappa shape index (κ2) is 6.80. The van der Waals surface area contributed by atoms with E-state index in [1.807, 2.05) is 37.5 Å². The molecule has 8 nitrogen and oxygen atoms in total. The molecule has 0 bridgehead atoms. The lowest BCUT2D eigenvalue weighted by atomic mass is 10.2. The van der Waals surface area contributed by atoms with Crippen LogP contribution >= 0.6 is 0 Å². The van der Waals surface area contributed by atoms with E-state index in [0.29, 0.717) is 11.5 Å². The lowest BCUT2D eigenvalue weighted by Gasteiger charge is -2.36. The quantitative estimate of drug-likeness (QED) is 0.711. The summed E-state index contributed by atoms with van der Waals surface area (Å²) in [6.07, 6.45) is 6.95. The fraction of sp³-hybridized carbons (Fsp3) is 0.278. The summed E-state index contributed by atoms with van der Waals surface area (Å²) in [6.45, 7) is 5.14. The molecule has 0 saturated carbocycles. The van der Waals surface area contributed by atoms with Crippen LogP contribution in [0, 0.1) is 18.3 Å². The summed E-state index contributed by atoms with van der Waals surface area (Å²) in [5.41, 5.74) is 1.47. The fourth-order valence-electron chi connectivity index (χ4n) is 3.04. The summed E-state index contributed by atoms with van der Waals surface area (Å²) in [5.74, 6) is 2.39. The minimum atomic E-state index is 0.370. The fourth-order valence-corrected chi connectivity index (χ4v) is 3.04. The van der Waals surface area contributed by atoms with Gasteiger partial charge in [-0.15, -0.1) is 0 Å². The molecular weight excluding hydrogens is 328 g/mol. The first kappa shape index (κ1) is 16.0. The van der Waals surface area contributed by atoms with Crippen LogP contribution in [0.3, 0.4) is 0 Å². The van der Waals surface area contributed by atoms with E-state index in [4.69, 9.17) is 4.98 Å². The van der Waals surface area contributed by atoms with Crippen LogP contribution in [0.25, 0.3) is 5.82 Å². The van der Waals surface area contributed by atoms with Gasteiger partial charge in [0.15, 0.2) is 17.3 Å². The van der Waals surface area contributed by atoms with Crippen molar-refractivity contribution >= 4 is 11.6 Å². The lowest BCUT2D eigenvalue weighted by molar-refractivity contribution is 0.638. The molecule has 4 heterocycles. The van der Waals surface area contributed by atoms with E-state index >= 15 is 0 Å². The summed E-state index contributed by atoms with van der Waals surface area (Å²) in [5, 5.41) is 13.5. The minimum absolute atomic E-state index is 0.370. The molecule has 8 heteroatoms. The molecule has 1 saturated heterocycles. The first-order valence-corrected chi connectivity index (χ1v) is 8.44. The first-order chi connectivity index (χ1) is 12.7. The highest BCUT2D eigenvalue weighted by Crippen LogP contribution is 2.20. The molecule has 0 N–H and O–H groups in total. The maximum absolute atomic E-state index is 9.21. The van der Waals surface area contributed by atoms with Crippen LogP contribution in [-0.2, 0) is 0 Å². The molecule has 3 aromatic rings. The zero-order chi connectivity index (χ0) is 17.9. The van der Waals surface area contributed by atoms with Crippen LogP contribution in [0.5, 0.6) is 0 Å². The van der Waals surface area contributed by atoms with Crippen molar-refractivity contribution in [3.63, 3.8) is 0 Å². The highest BCUT2D eigenvalue weighted by Gasteiger charge is 2.21. The van der Waals surface area contributed by atoms with Crippen LogP contribution in [0.15, 0.2) is 43.0 Å². The number of nitriles is 1. The number of pyridine rings is 1. The zero-order valence-corrected chi connectivity index (χ0v) is 14.4. The van der Waals surface area contributed by atoms with Gasteiger partial charge < -0.3 is 9.80 Å². The van der Waals surface area contributed by atoms with Crippen LogP contribution in [0.2, 0.25) is 0 Å². The van der Waals surface area contributed by atoms with Gasteiger partial charge in [-0.2, -0.15) is 10.4 Å². The van der Waals surface area contributed by atoms with Crippen LogP contribution in [-0.4, -0.2) is 50.9 Å². The van der Waals surface area contributed by atoms with Gasteiger partial charge in [-0.25, -0.2) is 19.6 Å². The van der Waals surface area contributed by atoms with Crippen LogP contribution in [0.1, 0.15) is 11.3 Å². The summed E-state index contributed by atoms with van der Waals surface area (Å²) in [7, 11) is 0. The van der Waals surface area contributed by atoms with E-state index in [0.717, 1.165) is 43.4 Å². The Morgan fingerprint density at radius 3 is 2.46 bits per heavy atom. The van der Waals surface area contributed by atoms with E-state index in [2.05, 4.69) is 30.9 Å². The normalized spacial score (nSPS) is 14.3. The number of nitrogens with zero attached hydrogens (tertiary/aromatic N) is 8. The molecule has 0 aromatic carbocycles. The molecule has 3 aromatic heterocycles. The highest BCUT2D eigenvalue weighted by molar-refractivity contribution is 5.52. The highest BCUT2D eigenvalue weighted by atomic mass is 15.3. The Labute approximate surface area is 151 Å². The summed E-state index contributed by atoms with van der Waals surface area (Å²) >= 11 is 0. The van der Waals surface area contributed by atoms with E-state index < -0.39 is 0 Å². The molecule has 1 fully saturated rings. The third-order valence-corrected chi connectivity index (χ3v) is 4.35. The van der Waals surface area contributed by atoms with Gasteiger partial charge in [-0.3, -0.25) is 0 Å². The molecule has 0 aliphatic carbocycles. The van der Waals surface area contributed by atoms with Gasteiger partial charge in [0.25, 0.3) is 0 Å². The Balaban J connectivity index is 1.49. The van der Waals surface area contributed by atoms with E-state index in [-0.39, 0.29) is 0 Å². The Hall–Kier alpha value is -3.47. The lowest BCUT2D eigenvalue weighted by Crippen LogP contribution is -2.47. The average molecular weight is 346 g/mol. The molecule has 130 valence electrons. The molecule has 0 spiro atoms. The van der Waals surface area contributed by atoms with Gasteiger partial charge in [-0.1, -0.05) is 6.07 Å². The van der Waals surface area contributed by atoms with Gasteiger partial charge in [0.1, 0.15) is 11.9 Å². The Kier molecular flexibility index (Phi) is 4.19. The molecule has 1 aliphatic rings. The van der Waals surface area contributed by atoms with Gasteiger partial charge in [-0.05, 0) is 24.6 Å². The van der Waals surface area contributed by atoms with Gasteiger partial charge >= 0.3 is 0 Å². The Morgan fingerprint density at radius 2 is 1.73 bits per heavy atom. The van der Waals surface area contributed by atoms with Gasteiger partial charge in [0.2, 0.25) is 0 Å². The SMILES string of the molecule is Cc1cnn(-c2cccc(N3CCN(c4nccnc4C#N)CC3)n2)c1. The van der Waals surface area contributed by atoms with Crippen molar-refractivity contribution in [1.82, 2.24) is 24.7 Å². The predicted molar refractivity (Wildman–Crippen MR) is 97.3 cm³/mol. The third kappa shape index (κ3) is 3.07. The van der Waals surface area contributed by atoms with E-state index in [1.165, 1.54) is 0 Å². The second-order valence-electron chi connectivity index (χ2n) is 6.13. The first-order valence-electron chi connectivity index (χ1n) is 8.44. The zero-order valence-electron chi connectivity index (χ0n) is 14.4. The summed E-state index contributed by atoms with van der Waals surface area (Å²) < 4.78 is 1.79. The topological polar surface area (TPSA) is 86.8 Å². The largest absolute Gasteiger partial charge is 0.353 e. The number of aryl methyl sites for hydroxylation is 1. The van der Waals surface area contributed by atoms with Crippen LogP contribution in [0.4, 0.5) is 11.6 Å². The number of rotatable bonds is 3. The van der Waals surface area contributed by atoms with Gasteiger partial charge in [0, 0.05) is 44.8 Å². The standard InChI is InChI=1S/C18H18N8/c1-14-12-22-26(13-14)17-4-2-3-16(23-17)24-7-9-25(10-8-24)18-15(11-19)20-5-6-21-18/h2-6,12-13H,7-10H2,1H3. The maximum atomic E-state index is 9.21. The van der Waals surface area contributed by atoms with Crippen molar-refractivity contribution in [1.29, 1.82) is 5.26 Å². The second-order valence-corrected chi connectivity index (χ2v) is 6.13. The number of anilines is 2. The van der Waals surface area contributed by atoms with Gasteiger partial charge in [0.05, 0.1) is 6.20 Å². The van der Waals surface area contributed by atoms with Crippen molar-refractivity contribution in [3.05, 3.63) is 54.2 Å². The molecule has 4 rings (SSSR count). The monoisotopic (exact) mass is 346 g/mol. The van der Waals surface area contributed by atoms with E-state index in [1.54, 1.807) is 17.1 Å². The Morgan fingerprint density at radius 1 is 1.00 bits per heavy atom. The van der Waals surface area contributed by atoms with Crippen molar-refractivity contribution in [2.24, 2.45) is 0 Å². The molecule has 0 unspecified atom stereocenters. The maximum Gasteiger partial charge on any atom is 0.183 e. The predicted octanol–water partition coefficient (Wildman–Crippen LogP) is 1.56.